The number of piperidine rings is 1. The van der Waals surface area contributed by atoms with Crippen LogP contribution in [-0.4, -0.2) is 29.5 Å². The molecule has 102 valence electrons. The third kappa shape index (κ3) is 3.47. The first-order valence-electron chi connectivity index (χ1n) is 6.42. The Hall–Kier alpha value is -2.04. The third-order valence-electron chi connectivity index (χ3n) is 3.26. The van der Waals surface area contributed by atoms with Gasteiger partial charge in [0.1, 0.15) is 11.8 Å². The van der Waals surface area contributed by atoms with Crippen molar-refractivity contribution in [2.45, 2.75) is 32.2 Å². The fraction of sp³-hybridized carbons (Fsp3) is 0.429. The molecule has 2 rings (SSSR count). The summed E-state index contributed by atoms with van der Waals surface area (Å²) in [5, 5.41) is 15.0. The van der Waals surface area contributed by atoms with Crippen molar-refractivity contribution in [1.29, 1.82) is 0 Å². The van der Waals surface area contributed by atoms with E-state index in [-0.39, 0.29) is 24.0 Å². The van der Waals surface area contributed by atoms with E-state index in [1.807, 2.05) is 0 Å². The smallest absolute Gasteiger partial charge is 0.242 e. The molecule has 1 aliphatic heterocycles. The van der Waals surface area contributed by atoms with Crippen LogP contribution in [0.15, 0.2) is 18.2 Å². The van der Waals surface area contributed by atoms with E-state index in [1.165, 1.54) is 0 Å². The zero-order valence-electron chi connectivity index (χ0n) is 10.9. The van der Waals surface area contributed by atoms with Crippen LogP contribution >= 0.6 is 0 Å². The minimum Gasteiger partial charge on any atom is -0.508 e. The molecule has 3 N–H and O–H groups in total. The largest absolute Gasteiger partial charge is 0.508 e. The first-order valence-corrected chi connectivity index (χ1v) is 6.42. The molecule has 0 unspecified atom stereocenters. The van der Waals surface area contributed by atoms with E-state index in [9.17, 15) is 14.7 Å². The first kappa shape index (κ1) is 13.4. The normalized spacial score (nSPS) is 18.8. The molecule has 19 heavy (non-hydrogen) atoms. The van der Waals surface area contributed by atoms with E-state index in [1.54, 1.807) is 25.1 Å². The van der Waals surface area contributed by atoms with Gasteiger partial charge < -0.3 is 15.7 Å². The maximum Gasteiger partial charge on any atom is 0.242 e. The van der Waals surface area contributed by atoms with Crippen LogP contribution in [-0.2, 0) is 16.0 Å². The summed E-state index contributed by atoms with van der Waals surface area (Å²) in [6.45, 7) is 2.47. The lowest BCUT2D eigenvalue weighted by molar-refractivity contribution is -0.129. The number of nitrogens with one attached hydrogen (secondary N) is 2. The van der Waals surface area contributed by atoms with E-state index < -0.39 is 6.04 Å². The molecule has 0 aliphatic carbocycles. The van der Waals surface area contributed by atoms with E-state index in [0.717, 1.165) is 17.5 Å². The van der Waals surface area contributed by atoms with Gasteiger partial charge in [0, 0.05) is 6.54 Å². The average Bonchev–Trinajstić information content (AvgIpc) is 2.37. The van der Waals surface area contributed by atoms with Gasteiger partial charge in [-0.05, 0) is 37.0 Å². The predicted molar refractivity (Wildman–Crippen MR) is 70.7 cm³/mol. The number of hydrogen-bond donors (Lipinski definition) is 3. The Kier molecular flexibility index (Phi) is 4.04. The number of benzene rings is 1. The molecule has 1 saturated heterocycles. The maximum absolute atomic E-state index is 11.8. The van der Waals surface area contributed by atoms with Gasteiger partial charge in [-0.3, -0.25) is 9.59 Å². The van der Waals surface area contributed by atoms with Crippen LogP contribution in [0.4, 0.5) is 0 Å². The van der Waals surface area contributed by atoms with Crippen molar-refractivity contribution in [3.05, 3.63) is 29.3 Å². The fourth-order valence-corrected chi connectivity index (χ4v) is 2.11. The van der Waals surface area contributed by atoms with E-state index >= 15 is 0 Å². The van der Waals surface area contributed by atoms with Gasteiger partial charge in [-0.1, -0.05) is 12.1 Å². The Morgan fingerprint density at radius 3 is 3.00 bits per heavy atom. The number of carbonyl (C=O) groups excluding carboxylic acids is 2. The topological polar surface area (TPSA) is 78.4 Å². The number of phenolic OH excluding ortho intramolecular Hbond substituents is 1. The van der Waals surface area contributed by atoms with Crippen molar-refractivity contribution in [2.75, 3.05) is 6.54 Å². The lowest BCUT2D eigenvalue weighted by Crippen LogP contribution is -2.50. The molecule has 0 aromatic heterocycles. The molecule has 0 radical (unpaired) electrons. The molecule has 0 spiro atoms. The summed E-state index contributed by atoms with van der Waals surface area (Å²) in [6.07, 6.45) is 1.72. The molecule has 1 atom stereocenters. The zero-order chi connectivity index (χ0) is 13.8. The number of hydrogen-bond acceptors (Lipinski definition) is 3. The summed E-state index contributed by atoms with van der Waals surface area (Å²) in [5.41, 5.74) is 1.51. The molecule has 5 nitrogen and oxygen atoms in total. The van der Waals surface area contributed by atoms with Crippen LogP contribution in [0.3, 0.4) is 0 Å². The molecule has 1 aromatic rings. The summed E-state index contributed by atoms with van der Waals surface area (Å²) < 4.78 is 0. The van der Waals surface area contributed by atoms with Crippen LogP contribution in [0.25, 0.3) is 0 Å². The highest BCUT2D eigenvalue weighted by atomic mass is 16.3. The molecule has 2 amide bonds. The van der Waals surface area contributed by atoms with Crippen molar-refractivity contribution in [2.24, 2.45) is 0 Å². The SMILES string of the molecule is Cc1ccc(CC(=O)N[C@H]2CCCNC2=O)cc1O. The molecule has 1 aliphatic rings. The molecular formula is C14H18N2O3. The number of aromatic hydroxyl groups is 1. The van der Waals surface area contributed by atoms with E-state index in [2.05, 4.69) is 10.6 Å². The van der Waals surface area contributed by atoms with E-state index in [0.29, 0.717) is 13.0 Å². The number of carbonyl (C=O) groups is 2. The maximum atomic E-state index is 11.8. The molecule has 1 heterocycles. The number of phenols is 1. The van der Waals surface area contributed by atoms with Gasteiger partial charge in [0.2, 0.25) is 11.8 Å². The lowest BCUT2D eigenvalue weighted by atomic mass is 10.1. The molecule has 1 fully saturated rings. The van der Waals surface area contributed by atoms with Crippen molar-refractivity contribution < 1.29 is 14.7 Å². The third-order valence-corrected chi connectivity index (χ3v) is 3.26. The number of aryl methyl sites for hydroxylation is 1. The van der Waals surface area contributed by atoms with Crippen LogP contribution in [0.5, 0.6) is 5.75 Å². The second-order valence-electron chi connectivity index (χ2n) is 4.85. The monoisotopic (exact) mass is 262 g/mol. The second kappa shape index (κ2) is 5.73. The summed E-state index contributed by atoms with van der Waals surface area (Å²) in [7, 11) is 0. The highest BCUT2D eigenvalue weighted by Gasteiger charge is 2.23. The molecule has 5 heteroatoms. The van der Waals surface area contributed by atoms with Crippen LogP contribution in [0, 0.1) is 6.92 Å². The molecular weight excluding hydrogens is 244 g/mol. The first-order chi connectivity index (χ1) is 9.06. The van der Waals surface area contributed by atoms with Crippen molar-refractivity contribution in [1.82, 2.24) is 10.6 Å². The van der Waals surface area contributed by atoms with Gasteiger partial charge in [0.25, 0.3) is 0 Å². The Balaban J connectivity index is 1.93. The van der Waals surface area contributed by atoms with Gasteiger partial charge in [-0.15, -0.1) is 0 Å². The highest BCUT2D eigenvalue weighted by Crippen LogP contribution is 2.17. The standard InChI is InChI=1S/C14H18N2O3/c1-9-4-5-10(7-12(9)17)8-13(18)16-11-3-2-6-15-14(11)19/h4-5,7,11,17H,2-3,6,8H2,1H3,(H,15,19)(H,16,18)/t11-/m0/s1. The summed E-state index contributed by atoms with van der Waals surface area (Å²) >= 11 is 0. The van der Waals surface area contributed by atoms with Gasteiger partial charge in [0.05, 0.1) is 6.42 Å². The van der Waals surface area contributed by atoms with Gasteiger partial charge in [-0.2, -0.15) is 0 Å². The van der Waals surface area contributed by atoms with Crippen molar-refractivity contribution in [3.8, 4) is 5.75 Å². The van der Waals surface area contributed by atoms with Crippen molar-refractivity contribution >= 4 is 11.8 Å². The summed E-state index contributed by atoms with van der Waals surface area (Å²) in [6, 6.07) is 4.72. The second-order valence-corrected chi connectivity index (χ2v) is 4.85. The Bertz CT molecular complexity index is 499. The Morgan fingerprint density at radius 1 is 1.53 bits per heavy atom. The number of amides is 2. The minimum atomic E-state index is -0.430. The zero-order valence-corrected chi connectivity index (χ0v) is 10.9. The quantitative estimate of drug-likeness (QED) is 0.748. The van der Waals surface area contributed by atoms with Crippen LogP contribution in [0.2, 0.25) is 0 Å². The molecule has 0 saturated carbocycles. The lowest BCUT2D eigenvalue weighted by Gasteiger charge is -2.22. The average molecular weight is 262 g/mol. The van der Waals surface area contributed by atoms with Gasteiger partial charge in [0.15, 0.2) is 0 Å². The fourth-order valence-electron chi connectivity index (χ4n) is 2.11. The van der Waals surface area contributed by atoms with E-state index in [4.69, 9.17) is 0 Å². The highest BCUT2D eigenvalue weighted by molar-refractivity contribution is 5.88. The molecule has 0 bridgehead atoms. The summed E-state index contributed by atoms with van der Waals surface area (Å²) in [4.78, 5) is 23.4. The minimum absolute atomic E-state index is 0.119. The Morgan fingerprint density at radius 2 is 2.32 bits per heavy atom. The van der Waals surface area contributed by atoms with Gasteiger partial charge in [-0.25, -0.2) is 0 Å². The summed E-state index contributed by atoms with van der Waals surface area (Å²) in [5.74, 6) is -0.141. The van der Waals surface area contributed by atoms with Crippen LogP contribution in [0.1, 0.15) is 24.0 Å². The van der Waals surface area contributed by atoms with Crippen molar-refractivity contribution in [3.63, 3.8) is 0 Å². The number of rotatable bonds is 3. The van der Waals surface area contributed by atoms with Crippen LogP contribution < -0.4 is 10.6 Å². The van der Waals surface area contributed by atoms with Gasteiger partial charge >= 0.3 is 0 Å². The Labute approximate surface area is 112 Å². The predicted octanol–water partition coefficient (Wildman–Crippen LogP) is 0.638. The molecule has 1 aromatic carbocycles.